The van der Waals surface area contributed by atoms with Crippen LogP contribution in [0.4, 0.5) is 0 Å². The zero-order chi connectivity index (χ0) is 13.7. The van der Waals surface area contributed by atoms with Crippen molar-refractivity contribution >= 4 is 18.3 Å². The molecule has 0 spiro atoms. The van der Waals surface area contributed by atoms with Gasteiger partial charge < -0.3 is 15.4 Å². The van der Waals surface area contributed by atoms with E-state index in [1.54, 1.807) is 7.11 Å². The Morgan fingerprint density at radius 2 is 2.25 bits per heavy atom. The van der Waals surface area contributed by atoms with E-state index in [2.05, 4.69) is 10.6 Å². The Morgan fingerprint density at radius 3 is 2.90 bits per heavy atom. The summed E-state index contributed by atoms with van der Waals surface area (Å²) in [7, 11) is 1.64. The number of nitrogens with one attached hydrogen (secondary N) is 2. The van der Waals surface area contributed by atoms with Crippen molar-refractivity contribution in [1.29, 1.82) is 0 Å². The van der Waals surface area contributed by atoms with Gasteiger partial charge in [0.1, 0.15) is 5.75 Å². The van der Waals surface area contributed by atoms with Crippen LogP contribution < -0.4 is 15.4 Å². The molecule has 1 saturated heterocycles. The van der Waals surface area contributed by atoms with Gasteiger partial charge in [-0.2, -0.15) is 0 Å². The molecular weight excluding hydrogens is 276 g/mol. The fourth-order valence-corrected chi connectivity index (χ4v) is 2.41. The van der Waals surface area contributed by atoms with Crippen LogP contribution in [0.1, 0.15) is 31.7 Å². The highest BCUT2D eigenvalue weighted by Gasteiger charge is 2.33. The van der Waals surface area contributed by atoms with E-state index in [4.69, 9.17) is 4.74 Å². The number of amides is 1. The molecule has 0 saturated carbocycles. The van der Waals surface area contributed by atoms with Crippen LogP contribution >= 0.6 is 12.4 Å². The lowest BCUT2D eigenvalue weighted by molar-refractivity contribution is -0.128. The summed E-state index contributed by atoms with van der Waals surface area (Å²) in [5, 5.41) is 6.32. The van der Waals surface area contributed by atoms with Crippen molar-refractivity contribution in [2.45, 2.75) is 38.3 Å². The summed E-state index contributed by atoms with van der Waals surface area (Å²) in [4.78, 5) is 12.2. The van der Waals surface area contributed by atoms with Crippen molar-refractivity contribution in [2.24, 2.45) is 0 Å². The molecule has 0 radical (unpaired) electrons. The quantitative estimate of drug-likeness (QED) is 0.896. The maximum atomic E-state index is 12.2. The molecule has 0 aliphatic carbocycles. The van der Waals surface area contributed by atoms with Gasteiger partial charge in [0.15, 0.2) is 0 Å². The fraction of sp³-hybridized carbons (Fsp3) is 0.533. The third kappa shape index (κ3) is 4.12. The van der Waals surface area contributed by atoms with Crippen molar-refractivity contribution in [3.05, 3.63) is 29.8 Å². The van der Waals surface area contributed by atoms with Gasteiger partial charge in [-0.1, -0.05) is 12.1 Å². The number of rotatable bonds is 4. The minimum Gasteiger partial charge on any atom is -0.497 e. The van der Waals surface area contributed by atoms with Crippen molar-refractivity contribution in [2.75, 3.05) is 13.7 Å². The number of methoxy groups -OCH3 is 1. The average molecular weight is 299 g/mol. The first-order valence-electron chi connectivity index (χ1n) is 6.80. The number of carbonyl (C=O) groups excluding carboxylic acids is 1. The Morgan fingerprint density at radius 1 is 1.45 bits per heavy atom. The lowest BCUT2D eigenvalue weighted by Gasteiger charge is -2.33. The van der Waals surface area contributed by atoms with Crippen LogP contribution in [0.3, 0.4) is 0 Å². The molecule has 5 heteroatoms. The molecule has 20 heavy (non-hydrogen) atoms. The maximum absolute atomic E-state index is 12.2. The van der Waals surface area contributed by atoms with Crippen LogP contribution in [0.25, 0.3) is 0 Å². The van der Waals surface area contributed by atoms with Crippen molar-refractivity contribution in [3.8, 4) is 5.75 Å². The molecular formula is C15H23ClN2O2. The first-order valence-corrected chi connectivity index (χ1v) is 6.80. The first kappa shape index (κ1) is 16.8. The molecule has 1 aromatic rings. The zero-order valence-corrected chi connectivity index (χ0v) is 12.9. The number of benzene rings is 1. The molecule has 112 valence electrons. The van der Waals surface area contributed by atoms with Gasteiger partial charge in [0, 0.05) is 6.54 Å². The van der Waals surface area contributed by atoms with Gasteiger partial charge in [0.05, 0.1) is 12.6 Å². The summed E-state index contributed by atoms with van der Waals surface area (Å²) in [6, 6.07) is 7.76. The highest BCUT2D eigenvalue weighted by Crippen LogP contribution is 2.19. The third-order valence-corrected chi connectivity index (χ3v) is 3.71. The molecule has 1 unspecified atom stereocenters. The van der Waals surface area contributed by atoms with E-state index in [1.165, 1.54) is 0 Å². The second-order valence-electron chi connectivity index (χ2n) is 5.25. The summed E-state index contributed by atoms with van der Waals surface area (Å²) in [5.74, 6) is 0.892. The Balaban J connectivity index is 0.00000200. The maximum Gasteiger partial charge on any atom is 0.240 e. The highest BCUT2D eigenvalue weighted by molar-refractivity contribution is 5.86. The van der Waals surface area contributed by atoms with E-state index in [9.17, 15) is 4.79 Å². The minimum atomic E-state index is -0.420. The second-order valence-corrected chi connectivity index (χ2v) is 5.25. The summed E-state index contributed by atoms with van der Waals surface area (Å²) < 4.78 is 5.17. The van der Waals surface area contributed by atoms with Crippen LogP contribution in [0.5, 0.6) is 5.75 Å². The van der Waals surface area contributed by atoms with Crippen molar-refractivity contribution in [3.63, 3.8) is 0 Å². The molecule has 1 atom stereocenters. The van der Waals surface area contributed by atoms with E-state index in [0.29, 0.717) is 6.54 Å². The lowest BCUT2D eigenvalue weighted by Crippen LogP contribution is -2.56. The predicted octanol–water partition coefficient (Wildman–Crippen LogP) is 2.27. The van der Waals surface area contributed by atoms with Crippen LogP contribution in [-0.4, -0.2) is 25.1 Å². The topological polar surface area (TPSA) is 50.4 Å². The van der Waals surface area contributed by atoms with Gasteiger partial charge in [-0.3, -0.25) is 4.79 Å². The monoisotopic (exact) mass is 298 g/mol. The summed E-state index contributed by atoms with van der Waals surface area (Å²) in [6.07, 6.45) is 3.16. The van der Waals surface area contributed by atoms with E-state index in [-0.39, 0.29) is 18.3 Å². The molecule has 2 rings (SSSR count). The van der Waals surface area contributed by atoms with Crippen LogP contribution in [-0.2, 0) is 11.3 Å². The number of halogens is 1. The van der Waals surface area contributed by atoms with E-state index >= 15 is 0 Å². The zero-order valence-electron chi connectivity index (χ0n) is 12.1. The number of hydrogen-bond acceptors (Lipinski definition) is 3. The summed E-state index contributed by atoms with van der Waals surface area (Å²) in [6.45, 7) is 3.43. The summed E-state index contributed by atoms with van der Waals surface area (Å²) in [5.41, 5.74) is 0.629. The van der Waals surface area contributed by atoms with E-state index in [1.807, 2.05) is 31.2 Å². The Kier molecular flexibility index (Phi) is 6.30. The Hall–Kier alpha value is -1.26. The largest absolute Gasteiger partial charge is 0.497 e. The molecule has 1 aromatic carbocycles. The van der Waals surface area contributed by atoms with Gasteiger partial charge in [0.2, 0.25) is 5.91 Å². The number of ether oxygens (including phenoxy) is 1. The highest BCUT2D eigenvalue weighted by atomic mass is 35.5. The molecule has 0 bridgehead atoms. The predicted molar refractivity (Wildman–Crippen MR) is 82.3 cm³/mol. The van der Waals surface area contributed by atoms with Gasteiger partial charge in [0.25, 0.3) is 0 Å². The average Bonchev–Trinajstić information content (AvgIpc) is 2.45. The molecule has 1 fully saturated rings. The Bertz CT molecular complexity index is 445. The van der Waals surface area contributed by atoms with E-state index in [0.717, 1.165) is 37.1 Å². The molecule has 2 N–H and O–H groups in total. The van der Waals surface area contributed by atoms with Crippen molar-refractivity contribution in [1.82, 2.24) is 10.6 Å². The molecule has 0 aromatic heterocycles. The van der Waals surface area contributed by atoms with Gasteiger partial charge in [-0.25, -0.2) is 0 Å². The smallest absolute Gasteiger partial charge is 0.240 e. The number of hydrogen-bond donors (Lipinski definition) is 2. The molecule has 1 heterocycles. The minimum absolute atomic E-state index is 0. The van der Waals surface area contributed by atoms with Gasteiger partial charge in [-0.05, 0) is 50.4 Å². The summed E-state index contributed by atoms with van der Waals surface area (Å²) >= 11 is 0. The molecule has 1 aliphatic rings. The molecule has 4 nitrogen and oxygen atoms in total. The van der Waals surface area contributed by atoms with Gasteiger partial charge in [-0.15, -0.1) is 12.4 Å². The van der Waals surface area contributed by atoms with Gasteiger partial charge >= 0.3 is 0 Å². The van der Waals surface area contributed by atoms with Crippen LogP contribution in [0.2, 0.25) is 0 Å². The van der Waals surface area contributed by atoms with Crippen LogP contribution in [0, 0.1) is 0 Å². The number of piperidine rings is 1. The normalized spacial score (nSPS) is 21.7. The standard InChI is InChI=1S/C15H22N2O2.ClH/c1-15(8-3-4-9-17-15)14(18)16-11-12-6-5-7-13(10-12)19-2;/h5-7,10,17H,3-4,8-9,11H2,1-2H3,(H,16,18);1H. The first-order chi connectivity index (χ1) is 9.14. The fourth-order valence-electron chi connectivity index (χ4n) is 2.41. The third-order valence-electron chi connectivity index (χ3n) is 3.71. The SMILES string of the molecule is COc1cccc(CNC(=O)C2(C)CCCCN2)c1.Cl. The van der Waals surface area contributed by atoms with Crippen LogP contribution in [0.15, 0.2) is 24.3 Å². The Labute approximate surface area is 126 Å². The van der Waals surface area contributed by atoms with Crippen molar-refractivity contribution < 1.29 is 9.53 Å². The lowest BCUT2D eigenvalue weighted by atomic mass is 9.90. The molecule has 1 aliphatic heterocycles. The molecule has 1 amide bonds. The van der Waals surface area contributed by atoms with E-state index < -0.39 is 5.54 Å². The second kappa shape index (κ2) is 7.50. The number of carbonyl (C=O) groups is 1.